The lowest BCUT2D eigenvalue weighted by Crippen LogP contribution is -2.54. The largest absolute Gasteiger partial charge is 0.378 e. The fraction of sp³-hybridized carbons (Fsp3) is 0.435. The molecule has 2 aromatic rings. The van der Waals surface area contributed by atoms with E-state index in [0.717, 1.165) is 29.5 Å². The van der Waals surface area contributed by atoms with Gasteiger partial charge in [0, 0.05) is 5.54 Å². The summed E-state index contributed by atoms with van der Waals surface area (Å²) >= 11 is 0. The molecule has 3 nitrogen and oxygen atoms in total. The molecule has 5 heteroatoms. The molecule has 28 heavy (non-hydrogen) atoms. The summed E-state index contributed by atoms with van der Waals surface area (Å²) in [5, 5.41) is 6.52. The molecule has 2 N–H and O–H groups in total. The number of rotatable bonds is 4. The van der Waals surface area contributed by atoms with Gasteiger partial charge in [-0.25, -0.2) is 8.78 Å². The van der Waals surface area contributed by atoms with Crippen molar-refractivity contribution in [1.29, 1.82) is 0 Å². The highest BCUT2D eigenvalue weighted by atomic mass is 19.2. The van der Waals surface area contributed by atoms with Crippen LogP contribution in [-0.4, -0.2) is 11.4 Å². The van der Waals surface area contributed by atoms with Crippen LogP contribution < -0.4 is 10.6 Å². The van der Waals surface area contributed by atoms with Crippen LogP contribution in [0.15, 0.2) is 42.5 Å². The van der Waals surface area contributed by atoms with Crippen molar-refractivity contribution < 1.29 is 13.6 Å². The number of hydrogen-bond donors (Lipinski definition) is 2. The molecule has 0 aromatic heterocycles. The molecule has 4 aliphatic carbocycles. The van der Waals surface area contributed by atoms with Gasteiger partial charge < -0.3 is 10.6 Å². The Morgan fingerprint density at radius 1 is 0.857 bits per heavy atom. The van der Waals surface area contributed by atoms with Crippen molar-refractivity contribution in [3.05, 3.63) is 59.7 Å². The number of hydrogen-bond acceptors (Lipinski definition) is 2. The SMILES string of the molecule is O=C(Nc1ccccc1NC12CC3CC(CC(C3)C1)C2)c1cccc(F)c1F. The van der Waals surface area contributed by atoms with E-state index in [0.29, 0.717) is 5.69 Å². The Bertz CT molecular complexity index is 891. The molecule has 0 saturated heterocycles. The van der Waals surface area contributed by atoms with Crippen molar-refractivity contribution in [1.82, 2.24) is 0 Å². The number of anilines is 2. The van der Waals surface area contributed by atoms with E-state index in [2.05, 4.69) is 10.6 Å². The summed E-state index contributed by atoms with van der Waals surface area (Å²) in [5.74, 6) is -0.360. The molecule has 4 aliphatic rings. The Kier molecular flexibility index (Phi) is 4.14. The molecule has 2 aromatic carbocycles. The Morgan fingerprint density at radius 3 is 2.11 bits per heavy atom. The second kappa shape index (κ2) is 6.57. The van der Waals surface area contributed by atoms with Gasteiger partial charge in [0.15, 0.2) is 11.6 Å². The summed E-state index contributed by atoms with van der Waals surface area (Å²) in [7, 11) is 0. The quantitative estimate of drug-likeness (QED) is 0.723. The molecule has 1 amide bonds. The van der Waals surface area contributed by atoms with Crippen LogP contribution in [0, 0.1) is 29.4 Å². The number of para-hydroxylation sites is 2. The van der Waals surface area contributed by atoms with Crippen LogP contribution in [0.2, 0.25) is 0 Å². The van der Waals surface area contributed by atoms with E-state index in [1.54, 1.807) is 6.07 Å². The van der Waals surface area contributed by atoms with E-state index in [-0.39, 0.29) is 11.1 Å². The summed E-state index contributed by atoms with van der Waals surface area (Å²) in [5.41, 5.74) is 1.27. The molecule has 0 spiro atoms. The van der Waals surface area contributed by atoms with Crippen molar-refractivity contribution >= 4 is 17.3 Å². The van der Waals surface area contributed by atoms with Crippen molar-refractivity contribution in [3.63, 3.8) is 0 Å². The predicted octanol–water partition coefficient (Wildman–Crippen LogP) is 5.60. The molecule has 4 saturated carbocycles. The zero-order valence-corrected chi connectivity index (χ0v) is 15.7. The normalized spacial score (nSPS) is 30.3. The van der Waals surface area contributed by atoms with Gasteiger partial charge in [-0.15, -0.1) is 0 Å². The first kappa shape index (κ1) is 17.7. The molecule has 0 aliphatic heterocycles. The van der Waals surface area contributed by atoms with Gasteiger partial charge in [0.1, 0.15) is 0 Å². The van der Waals surface area contributed by atoms with Crippen LogP contribution in [0.1, 0.15) is 48.9 Å². The third-order valence-corrected chi connectivity index (χ3v) is 6.81. The van der Waals surface area contributed by atoms with E-state index in [9.17, 15) is 13.6 Å². The summed E-state index contributed by atoms with van der Waals surface area (Å²) in [6, 6.07) is 11.2. The summed E-state index contributed by atoms with van der Waals surface area (Å²) in [6.45, 7) is 0. The zero-order chi connectivity index (χ0) is 19.3. The first-order chi connectivity index (χ1) is 13.5. The first-order valence-electron chi connectivity index (χ1n) is 10.1. The van der Waals surface area contributed by atoms with Gasteiger partial charge >= 0.3 is 0 Å². The van der Waals surface area contributed by atoms with Crippen LogP contribution >= 0.6 is 0 Å². The third-order valence-electron chi connectivity index (χ3n) is 6.81. The third kappa shape index (κ3) is 3.07. The summed E-state index contributed by atoms with van der Waals surface area (Å²) in [6.07, 6.45) is 7.62. The molecule has 146 valence electrons. The summed E-state index contributed by atoms with van der Waals surface area (Å²) in [4.78, 5) is 12.6. The molecule has 6 rings (SSSR count). The van der Waals surface area contributed by atoms with Crippen LogP contribution in [0.5, 0.6) is 0 Å². The van der Waals surface area contributed by atoms with Crippen LogP contribution in [0.4, 0.5) is 20.2 Å². The van der Waals surface area contributed by atoms with Crippen molar-refractivity contribution in [2.75, 3.05) is 10.6 Å². The zero-order valence-electron chi connectivity index (χ0n) is 15.7. The number of amides is 1. The monoisotopic (exact) mass is 382 g/mol. The van der Waals surface area contributed by atoms with Crippen LogP contribution in [0.3, 0.4) is 0 Å². The molecule has 0 heterocycles. The topological polar surface area (TPSA) is 41.1 Å². The second-order valence-corrected chi connectivity index (χ2v) is 8.92. The number of nitrogens with one attached hydrogen (secondary N) is 2. The lowest BCUT2D eigenvalue weighted by molar-refractivity contribution is 0.0107. The van der Waals surface area contributed by atoms with Gasteiger partial charge in [-0.3, -0.25) is 4.79 Å². The molecule has 4 fully saturated rings. The van der Waals surface area contributed by atoms with Crippen molar-refractivity contribution in [3.8, 4) is 0 Å². The molecular weight excluding hydrogens is 358 g/mol. The van der Waals surface area contributed by atoms with E-state index < -0.39 is 17.5 Å². The van der Waals surface area contributed by atoms with Crippen molar-refractivity contribution in [2.45, 2.75) is 44.1 Å². The number of carbonyl (C=O) groups is 1. The van der Waals surface area contributed by atoms with E-state index in [1.165, 1.54) is 50.7 Å². The van der Waals surface area contributed by atoms with Gasteiger partial charge in [-0.1, -0.05) is 18.2 Å². The average Bonchev–Trinajstić information content (AvgIpc) is 2.64. The highest BCUT2D eigenvalue weighted by Crippen LogP contribution is 2.56. The van der Waals surface area contributed by atoms with Gasteiger partial charge in [0.05, 0.1) is 16.9 Å². The fourth-order valence-electron chi connectivity index (χ4n) is 6.12. The maximum absolute atomic E-state index is 14.0. The number of halogens is 2. The maximum Gasteiger partial charge on any atom is 0.258 e. The number of benzene rings is 2. The predicted molar refractivity (Wildman–Crippen MR) is 105 cm³/mol. The Hall–Kier alpha value is -2.43. The molecular formula is C23H24F2N2O. The van der Waals surface area contributed by atoms with Gasteiger partial charge in [-0.2, -0.15) is 0 Å². The fourth-order valence-corrected chi connectivity index (χ4v) is 6.12. The lowest BCUT2D eigenvalue weighted by atomic mass is 9.53. The summed E-state index contributed by atoms with van der Waals surface area (Å²) < 4.78 is 27.5. The van der Waals surface area contributed by atoms with Crippen LogP contribution in [0.25, 0.3) is 0 Å². The van der Waals surface area contributed by atoms with Gasteiger partial charge in [0.25, 0.3) is 5.91 Å². The van der Waals surface area contributed by atoms with E-state index in [1.807, 2.05) is 18.2 Å². The standard InChI is InChI=1S/C23H24F2N2O/c24-18-5-3-4-17(21(18)25)22(28)26-19-6-1-2-7-20(19)27-23-11-14-8-15(12-23)10-16(9-14)13-23/h1-7,14-16,27H,8-13H2,(H,26,28). The van der Waals surface area contributed by atoms with Gasteiger partial charge in [0.2, 0.25) is 0 Å². The smallest absolute Gasteiger partial charge is 0.258 e. The number of carbonyl (C=O) groups excluding carboxylic acids is 1. The van der Waals surface area contributed by atoms with E-state index >= 15 is 0 Å². The van der Waals surface area contributed by atoms with Gasteiger partial charge in [-0.05, 0) is 80.5 Å². The highest BCUT2D eigenvalue weighted by molar-refractivity contribution is 6.06. The molecule has 0 atom stereocenters. The molecule has 4 bridgehead atoms. The molecule has 0 radical (unpaired) electrons. The Morgan fingerprint density at radius 2 is 1.46 bits per heavy atom. The minimum atomic E-state index is -1.12. The lowest BCUT2D eigenvalue weighted by Gasteiger charge is -2.57. The minimum Gasteiger partial charge on any atom is -0.378 e. The Labute approximate surface area is 163 Å². The highest BCUT2D eigenvalue weighted by Gasteiger charge is 2.51. The maximum atomic E-state index is 14.0. The van der Waals surface area contributed by atoms with Crippen LogP contribution in [-0.2, 0) is 0 Å². The molecule has 0 unspecified atom stereocenters. The second-order valence-electron chi connectivity index (χ2n) is 8.92. The Balaban J connectivity index is 1.39. The van der Waals surface area contributed by atoms with E-state index in [4.69, 9.17) is 0 Å². The average molecular weight is 382 g/mol. The minimum absolute atomic E-state index is 0.0969. The van der Waals surface area contributed by atoms with Crippen molar-refractivity contribution in [2.24, 2.45) is 17.8 Å². The first-order valence-corrected chi connectivity index (χ1v) is 10.1.